The molecule has 2 aromatic rings. The molecule has 0 amide bonds. The number of esters is 1. The first kappa shape index (κ1) is 20.8. The van der Waals surface area contributed by atoms with Crippen LogP contribution in [0.3, 0.4) is 0 Å². The van der Waals surface area contributed by atoms with Crippen molar-refractivity contribution in [3.8, 4) is 0 Å². The zero-order valence-corrected chi connectivity index (χ0v) is 16.5. The van der Waals surface area contributed by atoms with Crippen LogP contribution < -0.4 is 16.0 Å². The molecule has 148 valence electrons. The minimum atomic E-state index is -4.19. The molecule has 0 bridgehead atoms. The second kappa shape index (κ2) is 7.24. The van der Waals surface area contributed by atoms with E-state index in [4.69, 9.17) is 4.74 Å². The van der Waals surface area contributed by atoms with E-state index in [1.807, 2.05) is 0 Å². The number of aromatic amines is 1. The second-order valence-electron chi connectivity index (χ2n) is 7.03. The van der Waals surface area contributed by atoms with Crippen molar-refractivity contribution in [1.82, 2.24) is 19.3 Å². The van der Waals surface area contributed by atoms with Crippen molar-refractivity contribution < 1.29 is 17.9 Å². The number of carbonyl (C=O) groups excluding carboxylic acids is 1. The lowest BCUT2D eigenvalue weighted by Gasteiger charge is -2.29. The van der Waals surface area contributed by atoms with Crippen LogP contribution in [0.4, 0.5) is 0 Å². The molecule has 2 aromatic heterocycles. The van der Waals surface area contributed by atoms with Crippen molar-refractivity contribution in [1.29, 1.82) is 0 Å². The van der Waals surface area contributed by atoms with Crippen molar-refractivity contribution in [2.45, 2.75) is 38.6 Å². The quantitative estimate of drug-likeness (QED) is 0.669. The molecule has 11 heteroatoms. The Bertz CT molecular complexity index is 1090. The van der Waals surface area contributed by atoms with Gasteiger partial charge in [-0.3, -0.25) is 19.1 Å². The molecule has 0 spiro atoms. The first-order valence-electron chi connectivity index (χ1n) is 8.16. The summed E-state index contributed by atoms with van der Waals surface area (Å²) in [5, 5.41) is -0.0663. The fourth-order valence-electron chi connectivity index (χ4n) is 2.39. The SMILES string of the molecule is CCOC(=O)[C@@H](NS(=O)(=O)c1cnc2c(c1)c(=O)[nH]c(=O)n2C)C(C)(C)C. The second-order valence-corrected chi connectivity index (χ2v) is 8.75. The molecule has 0 saturated heterocycles. The molecule has 27 heavy (non-hydrogen) atoms. The molecular weight excluding hydrogens is 376 g/mol. The number of hydrogen-bond acceptors (Lipinski definition) is 7. The number of carbonyl (C=O) groups is 1. The fourth-order valence-corrected chi connectivity index (χ4v) is 3.75. The van der Waals surface area contributed by atoms with E-state index in [0.717, 1.165) is 16.8 Å². The molecule has 0 radical (unpaired) electrons. The maximum atomic E-state index is 12.8. The highest BCUT2D eigenvalue weighted by molar-refractivity contribution is 7.89. The van der Waals surface area contributed by atoms with Crippen molar-refractivity contribution in [3.63, 3.8) is 0 Å². The third-order valence-electron chi connectivity index (χ3n) is 3.90. The summed E-state index contributed by atoms with van der Waals surface area (Å²) >= 11 is 0. The predicted octanol–water partition coefficient (Wildman–Crippen LogP) is -0.122. The number of aromatic nitrogens is 3. The normalized spacial score (nSPS) is 13.5. The van der Waals surface area contributed by atoms with Gasteiger partial charge in [0.05, 0.1) is 12.0 Å². The topological polar surface area (TPSA) is 140 Å². The van der Waals surface area contributed by atoms with Crippen molar-refractivity contribution in [3.05, 3.63) is 33.1 Å². The van der Waals surface area contributed by atoms with Gasteiger partial charge >= 0.3 is 11.7 Å². The number of rotatable bonds is 5. The third kappa shape index (κ3) is 4.25. The van der Waals surface area contributed by atoms with E-state index in [9.17, 15) is 22.8 Å². The Morgan fingerprint density at radius 1 is 1.37 bits per heavy atom. The van der Waals surface area contributed by atoms with Gasteiger partial charge in [0.15, 0.2) is 0 Å². The van der Waals surface area contributed by atoms with Crippen LogP contribution in [0.5, 0.6) is 0 Å². The molecule has 0 aromatic carbocycles. The van der Waals surface area contributed by atoms with Gasteiger partial charge in [0.25, 0.3) is 5.56 Å². The van der Waals surface area contributed by atoms with Crippen LogP contribution in [-0.4, -0.2) is 41.6 Å². The van der Waals surface area contributed by atoms with Crippen molar-refractivity contribution in [2.24, 2.45) is 12.5 Å². The zero-order valence-electron chi connectivity index (χ0n) is 15.7. The lowest BCUT2D eigenvalue weighted by Crippen LogP contribution is -2.49. The summed E-state index contributed by atoms with van der Waals surface area (Å²) in [6, 6.07) is -0.0371. The minimum absolute atomic E-state index is 0.0421. The number of sulfonamides is 1. The van der Waals surface area contributed by atoms with Crippen LogP contribution in [0.25, 0.3) is 11.0 Å². The number of hydrogen-bond donors (Lipinski definition) is 2. The number of nitrogens with zero attached hydrogens (tertiary/aromatic N) is 2. The van der Waals surface area contributed by atoms with E-state index in [2.05, 4.69) is 14.7 Å². The fraction of sp³-hybridized carbons (Fsp3) is 0.500. The monoisotopic (exact) mass is 398 g/mol. The minimum Gasteiger partial charge on any atom is -0.465 e. The average Bonchev–Trinajstić information content (AvgIpc) is 2.56. The van der Waals surface area contributed by atoms with E-state index in [1.54, 1.807) is 27.7 Å². The molecule has 0 aliphatic carbocycles. The highest BCUT2D eigenvalue weighted by atomic mass is 32.2. The first-order chi connectivity index (χ1) is 12.4. The summed E-state index contributed by atoms with van der Waals surface area (Å²) in [5.41, 5.74) is -2.13. The van der Waals surface area contributed by atoms with Crippen LogP contribution in [-0.2, 0) is 26.6 Å². The Hall–Kier alpha value is -2.53. The molecule has 1 atom stereocenters. The van der Waals surface area contributed by atoms with Crippen LogP contribution in [0, 0.1) is 5.41 Å². The number of nitrogens with one attached hydrogen (secondary N) is 2. The molecule has 2 heterocycles. The molecule has 0 saturated carbocycles. The van der Waals surface area contributed by atoms with Crippen LogP contribution >= 0.6 is 0 Å². The molecule has 10 nitrogen and oxygen atoms in total. The molecule has 0 aliphatic heterocycles. The number of ether oxygens (including phenoxy) is 1. The highest BCUT2D eigenvalue weighted by Crippen LogP contribution is 2.23. The van der Waals surface area contributed by atoms with Gasteiger partial charge in [0, 0.05) is 13.2 Å². The molecule has 0 unspecified atom stereocenters. The Morgan fingerprint density at radius 2 is 2.00 bits per heavy atom. The summed E-state index contributed by atoms with van der Waals surface area (Å²) in [6.07, 6.45) is 1.02. The van der Waals surface area contributed by atoms with Crippen molar-refractivity contribution in [2.75, 3.05) is 6.61 Å². The van der Waals surface area contributed by atoms with Gasteiger partial charge in [0.2, 0.25) is 10.0 Å². The smallest absolute Gasteiger partial charge is 0.329 e. The van der Waals surface area contributed by atoms with Crippen LogP contribution in [0.15, 0.2) is 26.7 Å². The zero-order chi connectivity index (χ0) is 20.6. The number of pyridine rings is 1. The van der Waals surface area contributed by atoms with Gasteiger partial charge in [-0.25, -0.2) is 18.2 Å². The van der Waals surface area contributed by atoms with E-state index < -0.39 is 38.7 Å². The standard InChI is InChI=1S/C16H22N4O6S/c1-6-26-14(22)11(16(2,3)4)19-27(24,25)9-7-10-12(17-8-9)20(5)15(23)18-13(10)21/h7-8,11,19H,6H2,1-5H3,(H,18,21,23)/t11-/m1/s1. The average molecular weight is 398 g/mol. The van der Waals surface area contributed by atoms with Gasteiger partial charge in [-0.15, -0.1) is 0 Å². The molecule has 0 aliphatic rings. The predicted molar refractivity (Wildman–Crippen MR) is 97.8 cm³/mol. The summed E-state index contributed by atoms with van der Waals surface area (Å²) in [7, 11) is -2.79. The third-order valence-corrected chi connectivity index (χ3v) is 5.29. The Morgan fingerprint density at radius 3 is 2.56 bits per heavy atom. The maximum absolute atomic E-state index is 12.8. The van der Waals surface area contributed by atoms with Crippen LogP contribution in [0.1, 0.15) is 27.7 Å². The van der Waals surface area contributed by atoms with E-state index in [-0.39, 0.29) is 22.5 Å². The Balaban J connectivity index is 2.54. The van der Waals surface area contributed by atoms with Crippen molar-refractivity contribution >= 4 is 27.0 Å². The summed E-state index contributed by atoms with van der Waals surface area (Å²) < 4.78 is 33.9. The van der Waals surface area contributed by atoms with E-state index >= 15 is 0 Å². The van der Waals surface area contributed by atoms with Gasteiger partial charge < -0.3 is 4.74 Å². The van der Waals surface area contributed by atoms with Crippen LogP contribution in [0.2, 0.25) is 0 Å². The molecule has 2 rings (SSSR count). The maximum Gasteiger partial charge on any atom is 0.329 e. The largest absolute Gasteiger partial charge is 0.465 e. The number of aryl methyl sites for hydroxylation is 1. The lowest BCUT2D eigenvalue weighted by atomic mass is 9.87. The first-order valence-corrected chi connectivity index (χ1v) is 9.65. The Labute approximate surface area is 155 Å². The van der Waals surface area contributed by atoms with Gasteiger partial charge in [0.1, 0.15) is 16.6 Å². The summed E-state index contributed by atoms with van der Waals surface area (Å²) in [6.45, 7) is 6.80. The molecule has 2 N–H and O–H groups in total. The summed E-state index contributed by atoms with van der Waals surface area (Å²) in [5.74, 6) is -0.706. The number of fused-ring (bicyclic) bond motifs is 1. The Kier molecular flexibility index (Phi) is 5.57. The van der Waals surface area contributed by atoms with E-state index in [0.29, 0.717) is 0 Å². The molecular formula is C16H22N4O6S. The van der Waals surface area contributed by atoms with Gasteiger partial charge in [-0.05, 0) is 18.4 Å². The number of H-pyrrole nitrogens is 1. The lowest BCUT2D eigenvalue weighted by molar-refractivity contribution is -0.147. The van der Waals surface area contributed by atoms with E-state index in [1.165, 1.54) is 7.05 Å². The highest BCUT2D eigenvalue weighted by Gasteiger charge is 2.36. The van der Waals surface area contributed by atoms with Gasteiger partial charge in [-0.2, -0.15) is 4.72 Å². The summed E-state index contributed by atoms with van der Waals surface area (Å²) in [4.78, 5) is 41.5. The molecule has 0 fully saturated rings. The van der Waals surface area contributed by atoms with Gasteiger partial charge in [-0.1, -0.05) is 20.8 Å².